The van der Waals surface area contributed by atoms with E-state index >= 15 is 0 Å². The molecule has 0 spiro atoms. The Kier molecular flexibility index (Phi) is 6.06. The first-order valence-corrected chi connectivity index (χ1v) is 11.9. The van der Waals surface area contributed by atoms with Gasteiger partial charge in [-0.1, -0.05) is 23.7 Å². The molecule has 8 heteroatoms. The maximum atomic E-state index is 6.60. The zero-order valence-electron chi connectivity index (χ0n) is 19.7. The van der Waals surface area contributed by atoms with E-state index in [9.17, 15) is 0 Å². The van der Waals surface area contributed by atoms with Crippen LogP contribution in [0.2, 0.25) is 5.02 Å². The van der Waals surface area contributed by atoms with Gasteiger partial charge in [0.1, 0.15) is 11.6 Å². The molecule has 1 fully saturated rings. The van der Waals surface area contributed by atoms with Crippen LogP contribution in [-0.4, -0.2) is 52.8 Å². The van der Waals surface area contributed by atoms with Gasteiger partial charge in [-0.25, -0.2) is 4.98 Å². The van der Waals surface area contributed by atoms with Gasteiger partial charge in [0.05, 0.1) is 24.6 Å². The van der Waals surface area contributed by atoms with E-state index in [4.69, 9.17) is 27.1 Å². The highest BCUT2D eigenvalue weighted by Crippen LogP contribution is 2.38. The molecule has 3 N–H and O–H groups in total. The number of nitrogens with zero attached hydrogens (tertiary/aromatic N) is 4. The Morgan fingerprint density at radius 1 is 1.12 bits per heavy atom. The van der Waals surface area contributed by atoms with Crippen molar-refractivity contribution >= 4 is 28.8 Å². The Hall–Kier alpha value is -3.29. The molecule has 0 aliphatic carbocycles. The predicted molar refractivity (Wildman–Crippen MR) is 139 cm³/mol. The number of benzene rings is 2. The van der Waals surface area contributed by atoms with Crippen LogP contribution in [0.3, 0.4) is 0 Å². The molecule has 0 radical (unpaired) electrons. The summed E-state index contributed by atoms with van der Waals surface area (Å²) in [5.74, 6) is 1.29. The fourth-order valence-electron chi connectivity index (χ4n) is 4.72. The van der Waals surface area contributed by atoms with Crippen molar-refractivity contribution in [3.05, 3.63) is 59.4 Å². The van der Waals surface area contributed by atoms with Crippen LogP contribution < -0.4 is 15.8 Å². The fourth-order valence-corrected chi connectivity index (χ4v) is 4.91. The van der Waals surface area contributed by atoms with Gasteiger partial charge in [0.2, 0.25) is 0 Å². The van der Waals surface area contributed by atoms with Crippen molar-refractivity contribution in [3.63, 3.8) is 0 Å². The minimum absolute atomic E-state index is 0.456. The number of fused-ring (bicyclic) bond motifs is 1. The number of nitrogens with two attached hydrogens (primary N) is 1. The average Bonchev–Trinajstić information content (AvgIpc) is 3.24. The van der Waals surface area contributed by atoms with Gasteiger partial charge in [-0.05, 0) is 75.8 Å². The normalized spacial score (nSPS) is 15.1. The first-order valence-electron chi connectivity index (χ1n) is 11.5. The summed E-state index contributed by atoms with van der Waals surface area (Å²) in [6, 6.07) is 14.2. The number of aryl methyl sites for hydroxylation is 1. The summed E-state index contributed by atoms with van der Waals surface area (Å²) in [5, 5.41) is 8.93. The number of anilines is 2. The van der Waals surface area contributed by atoms with Crippen molar-refractivity contribution in [3.8, 4) is 28.0 Å². The first-order chi connectivity index (χ1) is 16.4. The Morgan fingerprint density at radius 3 is 2.65 bits per heavy atom. The summed E-state index contributed by atoms with van der Waals surface area (Å²) < 4.78 is 7.39. The molecule has 2 aromatic carbocycles. The lowest BCUT2D eigenvalue weighted by molar-refractivity contribution is 0.264. The molecule has 3 heterocycles. The Morgan fingerprint density at radius 2 is 1.91 bits per heavy atom. The van der Waals surface area contributed by atoms with E-state index in [1.807, 2.05) is 37.3 Å². The highest BCUT2D eigenvalue weighted by atomic mass is 35.5. The number of hydrogen-bond acceptors (Lipinski definition) is 6. The molecule has 0 unspecified atom stereocenters. The zero-order chi connectivity index (χ0) is 23.8. The van der Waals surface area contributed by atoms with Crippen LogP contribution in [0.15, 0.2) is 48.7 Å². The van der Waals surface area contributed by atoms with Crippen LogP contribution in [0.5, 0.6) is 5.75 Å². The topological polar surface area (TPSA) is 80.7 Å². The Balaban J connectivity index is 1.56. The maximum Gasteiger partial charge on any atom is 0.165 e. The molecule has 4 aromatic rings. The molecular weight excluding hydrogens is 448 g/mol. The average molecular weight is 477 g/mol. The highest BCUT2D eigenvalue weighted by molar-refractivity contribution is 6.30. The van der Waals surface area contributed by atoms with Crippen molar-refractivity contribution in [2.75, 3.05) is 38.3 Å². The number of piperidine rings is 1. The third kappa shape index (κ3) is 4.17. The van der Waals surface area contributed by atoms with Gasteiger partial charge in [0.25, 0.3) is 0 Å². The number of nitrogen functional groups attached to an aromatic ring is 1. The number of methoxy groups -OCH3 is 1. The van der Waals surface area contributed by atoms with Crippen LogP contribution in [0.25, 0.3) is 27.9 Å². The SMILES string of the molecule is COc1ccc(NC2CCN(C)CC2)cc1-c1cnn2c(N)c(-c3cccc(Cl)c3)c(C)nc12. The summed E-state index contributed by atoms with van der Waals surface area (Å²) in [5.41, 5.74) is 12.7. The van der Waals surface area contributed by atoms with E-state index in [0.717, 1.165) is 65.3 Å². The lowest BCUT2D eigenvalue weighted by atomic mass is 10.0. The molecule has 34 heavy (non-hydrogen) atoms. The minimum atomic E-state index is 0.456. The van der Waals surface area contributed by atoms with Crippen LogP contribution in [0, 0.1) is 6.92 Å². The Bertz CT molecular complexity index is 1340. The summed E-state index contributed by atoms with van der Waals surface area (Å²) >= 11 is 6.22. The van der Waals surface area contributed by atoms with E-state index in [2.05, 4.69) is 34.5 Å². The van der Waals surface area contributed by atoms with E-state index < -0.39 is 0 Å². The lowest BCUT2D eigenvalue weighted by Crippen LogP contribution is -2.36. The van der Waals surface area contributed by atoms with E-state index in [1.165, 1.54) is 0 Å². The van der Waals surface area contributed by atoms with Crippen molar-refractivity contribution in [1.29, 1.82) is 0 Å². The van der Waals surface area contributed by atoms with Crippen LogP contribution in [0.4, 0.5) is 11.5 Å². The molecule has 2 aromatic heterocycles. The van der Waals surface area contributed by atoms with Crippen molar-refractivity contribution in [2.24, 2.45) is 0 Å². The standard InChI is InChI=1S/C26H29ClN6O/c1-16-24(17-5-4-6-18(27)13-17)25(28)33-26(30-16)22(15-29-33)21-14-20(7-8-23(21)34-3)31-19-9-11-32(2)12-10-19/h4-8,13-15,19,31H,9-12,28H2,1-3H3. The molecule has 1 aliphatic rings. The quantitative estimate of drug-likeness (QED) is 0.416. The van der Waals surface area contributed by atoms with Gasteiger partial charge in [0.15, 0.2) is 5.65 Å². The second-order valence-electron chi connectivity index (χ2n) is 8.90. The Labute approximate surface area is 204 Å². The van der Waals surface area contributed by atoms with Gasteiger partial charge in [-0.2, -0.15) is 9.61 Å². The number of likely N-dealkylation sites (tertiary alicyclic amines) is 1. The van der Waals surface area contributed by atoms with Gasteiger partial charge in [-0.3, -0.25) is 0 Å². The molecule has 0 amide bonds. The van der Waals surface area contributed by atoms with Gasteiger partial charge in [-0.15, -0.1) is 0 Å². The molecule has 7 nitrogen and oxygen atoms in total. The van der Waals surface area contributed by atoms with Gasteiger partial charge in [0, 0.05) is 27.9 Å². The number of rotatable bonds is 5. The number of hydrogen-bond donors (Lipinski definition) is 2. The molecule has 1 aliphatic heterocycles. The number of aromatic nitrogens is 3. The number of halogens is 1. The van der Waals surface area contributed by atoms with Gasteiger partial charge < -0.3 is 20.7 Å². The summed E-state index contributed by atoms with van der Waals surface area (Å²) in [7, 11) is 3.85. The lowest BCUT2D eigenvalue weighted by Gasteiger charge is -2.30. The molecule has 5 rings (SSSR count). The minimum Gasteiger partial charge on any atom is -0.496 e. The molecule has 1 saturated heterocycles. The van der Waals surface area contributed by atoms with E-state index in [-0.39, 0.29) is 0 Å². The van der Waals surface area contributed by atoms with E-state index in [0.29, 0.717) is 22.5 Å². The third-order valence-corrected chi connectivity index (χ3v) is 6.79. The van der Waals surface area contributed by atoms with Crippen LogP contribution in [-0.2, 0) is 0 Å². The van der Waals surface area contributed by atoms with Gasteiger partial charge >= 0.3 is 0 Å². The number of ether oxygens (including phenoxy) is 1. The van der Waals surface area contributed by atoms with Crippen molar-refractivity contribution in [2.45, 2.75) is 25.8 Å². The largest absolute Gasteiger partial charge is 0.496 e. The molecule has 0 atom stereocenters. The van der Waals surface area contributed by atoms with E-state index in [1.54, 1.807) is 17.8 Å². The summed E-state index contributed by atoms with van der Waals surface area (Å²) in [6.45, 7) is 4.16. The fraction of sp³-hybridized carbons (Fsp3) is 0.308. The molecule has 176 valence electrons. The van der Waals surface area contributed by atoms with Crippen LogP contribution in [0.1, 0.15) is 18.5 Å². The third-order valence-electron chi connectivity index (χ3n) is 6.56. The van der Waals surface area contributed by atoms with Crippen molar-refractivity contribution in [1.82, 2.24) is 19.5 Å². The predicted octanol–water partition coefficient (Wildman–Crippen LogP) is 5.12. The highest BCUT2D eigenvalue weighted by Gasteiger charge is 2.21. The summed E-state index contributed by atoms with van der Waals surface area (Å²) in [4.78, 5) is 7.27. The summed E-state index contributed by atoms with van der Waals surface area (Å²) in [6.07, 6.45) is 4.05. The molecular formula is C26H29ClN6O. The molecule has 0 saturated carbocycles. The smallest absolute Gasteiger partial charge is 0.165 e. The number of nitrogens with one attached hydrogen (secondary N) is 1. The van der Waals surface area contributed by atoms with Crippen molar-refractivity contribution < 1.29 is 4.74 Å². The second kappa shape index (κ2) is 9.16. The first kappa shape index (κ1) is 22.5. The molecule has 0 bridgehead atoms. The second-order valence-corrected chi connectivity index (χ2v) is 9.33. The maximum absolute atomic E-state index is 6.60. The zero-order valence-corrected chi connectivity index (χ0v) is 20.4. The van der Waals surface area contributed by atoms with Crippen LogP contribution >= 0.6 is 11.6 Å². The monoisotopic (exact) mass is 476 g/mol.